The first-order valence-corrected chi connectivity index (χ1v) is 7.06. The molecule has 20 heavy (non-hydrogen) atoms. The zero-order valence-electron chi connectivity index (χ0n) is 13.4. The highest BCUT2D eigenvalue weighted by atomic mass is 15.2. The summed E-state index contributed by atoms with van der Waals surface area (Å²) in [6.07, 6.45) is 0.972. The van der Waals surface area contributed by atoms with Gasteiger partial charge in [0.2, 0.25) is 0 Å². The van der Waals surface area contributed by atoms with Crippen LogP contribution in [0, 0.1) is 0 Å². The number of aliphatic imine (C=N–C) groups is 1. The van der Waals surface area contributed by atoms with Gasteiger partial charge in [-0.3, -0.25) is 4.99 Å². The Morgan fingerprint density at radius 2 is 1.85 bits per heavy atom. The van der Waals surface area contributed by atoms with E-state index in [2.05, 4.69) is 74.3 Å². The fourth-order valence-electron chi connectivity index (χ4n) is 1.92. The summed E-state index contributed by atoms with van der Waals surface area (Å²) < 4.78 is 0. The van der Waals surface area contributed by atoms with Gasteiger partial charge in [-0.25, -0.2) is 0 Å². The molecule has 112 valence electrons. The van der Waals surface area contributed by atoms with E-state index in [1.165, 1.54) is 5.56 Å². The largest absolute Gasteiger partial charge is 0.370 e. The van der Waals surface area contributed by atoms with Crippen LogP contribution in [0.1, 0.15) is 26.3 Å². The van der Waals surface area contributed by atoms with Crippen molar-refractivity contribution < 1.29 is 0 Å². The number of likely N-dealkylation sites (N-methyl/N-ethyl adjacent to an activating group) is 1. The third kappa shape index (κ3) is 6.57. The topological polar surface area (TPSA) is 53.6 Å². The van der Waals surface area contributed by atoms with E-state index in [0.29, 0.717) is 18.5 Å². The molecule has 0 heterocycles. The van der Waals surface area contributed by atoms with Gasteiger partial charge in [0.15, 0.2) is 5.96 Å². The Labute approximate surface area is 123 Å². The number of benzene rings is 1. The van der Waals surface area contributed by atoms with Crippen LogP contribution in [0.2, 0.25) is 0 Å². The standard InChI is InChI=1S/C16H28N4/c1-16(2,3)19-15(17)18-12-14(20(4)5)11-13-9-7-6-8-10-13/h6-10,14H,11-12H2,1-5H3,(H3,17,18,19). The second kappa shape index (κ2) is 7.29. The summed E-state index contributed by atoms with van der Waals surface area (Å²) in [6.45, 7) is 6.91. The van der Waals surface area contributed by atoms with Crippen molar-refractivity contribution in [3.8, 4) is 0 Å². The monoisotopic (exact) mass is 276 g/mol. The molecule has 4 nitrogen and oxygen atoms in total. The first kappa shape index (κ1) is 16.5. The summed E-state index contributed by atoms with van der Waals surface area (Å²) in [5.41, 5.74) is 7.19. The average Bonchev–Trinajstić information content (AvgIpc) is 2.33. The lowest BCUT2D eigenvalue weighted by atomic mass is 10.1. The molecule has 0 amide bonds. The van der Waals surface area contributed by atoms with E-state index in [9.17, 15) is 0 Å². The molecule has 0 radical (unpaired) electrons. The van der Waals surface area contributed by atoms with Gasteiger partial charge in [0.05, 0.1) is 6.54 Å². The van der Waals surface area contributed by atoms with Crippen LogP contribution < -0.4 is 11.1 Å². The van der Waals surface area contributed by atoms with E-state index >= 15 is 0 Å². The van der Waals surface area contributed by atoms with Crippen LogP contribution in [0.5, 0.6) is 0 Å². The summed E-state index contributed by atoms with van der Waals surface area (Å²) in [5.74, 6) is 0.511. The molecule has 0 spiro atoms. The summed E-state index contributed by atoms with van der Waals surface area (Å²) in [7, 11) is 4.16. The Bertz CT molecular complexity index is 418. The molecule has 0 bridgehead atoms. The van der Waals surface area contributed by atoms with Crippen molar-refractivity contribution in [2.75, 3.05) is 20.6 Å². The Balaban J connectivity index is 2.62. The van der Waals surface area contributed by atoms with Crippen LogP contribution >= 0.6 is 0 Å². The van der Waals surface area contributed by atoms with E-state index in [1.807, 2.05) is 6.07 Å². The zero-order chi connectivity index (χ0) is 15.2. The quantitative estimate of drug-likeness (QED) is 0.637. The first-order chi connectivity index (χ1) is 9.28. The molecule has 0 aliphatic heterocycles. The molecular formula is C16H28N4. The smallest absolute Gasteiger partial charge is 0.189 e. The number of rotatable bonds is 5. The van der Waals surface area contributed by atoms with Gasteiger partial charge in [-0.2, -0.15) is 0 Å². The molecule has 0 fully saturated rings. The lowest BCUT2D eigenvalue weighted by Gasteiger charge is -2.24. The average molecular weight is 276 g/mol. The first-order valence-electron chi connectivity index (χ1n) is 7.06. The second-order valence-corrected chi connectivity index (χ2v) is 6.41. The predicted molar refractivity (Wildman–Crippen MR) is 87.0 cm³/mol. The van der Waals surface area contributed by atoms with Gasteiger partial charge in [0, 0.05) is 11.6 Å². The molecule has 1 rings (SSSR count). The van der Waals surface area contributed by atoms with Crippen LogP contribution in [-0.2, 0) is 6.42 Å². The molecule has 0 aromatic heterocycles. The number of guanidine groups is 1. The van der Waals surface area contributed by atoms with E-state index in [4.69, 9.17) is 5.73 Å². The molecule has 0 aliphatic carbocycles. The molecule has 0 saturated heterocycles. The van der Waals surface area contributed by atoms with Gasteiger partial charge >= 0.3 is 0 Å². The summed E-state index contributed by atoms with van der Waals surface area (Å²) in [6, 6.07) is 10.8. The maximum absolute atomic E-state index is 5.92. The van der Waals surface area contributed by atoms with Crippen molar-refractivity contribution in [3.05, 3.63) is 35.9 Å². The van der Waals surface area contributed by atoms with Crippen molar-refractivity contribution in [2.45, 2.75) is 38.8 Å². The highest BCUT2D eigenvalue weighted by molar-refractivity contribution is 5.78. The van der Waals surface area contributed by atoms with Gasteiger partial charge in [-0.1, -0.05) is 30.3 Å². The van der Waals surface area contributed by atoms with Crippen LogP contribution in [0.4, 0.5) is 0 Å². The zero-order valence-corrected chi connectivity index (χ0v) is 13.4. The van der Waals surface area contributed by atoms with Crippen LogP contribution in [0.15, 0.2) is 35.3 Å². The molecule has 0 saturated carbocycles. The lowest BCUT2D eigenvalue weighted by Crippen LogP contribution is -2.45. The SMILES string of the molecule is CN(C)C(CN=C(N)NC(C)(C)C)Cc1ccccc1. The molecule has 4 heteroatoms. The van der Waals surface area contributed by atoms with Crippen LogP contribution in [-0.4, -0.2) is 43.1 Å². The minimum Gasteiger partial charge on any atom is -0.370 e. The minimum atomic E-state index is -0.0549. The Morgan fingerprint density at radius 3 is 2.35 bits per heavy atom. The number of hydrogen-bond acceptors (Lipinski definition) is 2. The summed E-state index contributed by atoms with van der Waals surface area (Å²) in [4.78, 5) is 6.66. The molecule has 1 atom stereocenters. The van der Waals surface area contributed by atoms with E-state index in [0.717, 1.165) is 6.42 Å². The molecule has 3 N–H and O–H groups in total. The van der Waals surface area contributed by atoms with E-state index in [1.54, 1.807) is 0 Å². The van der Waals surface area contributed by atoms with Crippen molar-refractivity contribution >= 4 is 5.96 Å². The van der Waals surface area contributed by atoms with Crippen LogP contribution in [0.25, 0.3) is 0 Å². The number of nitrogens with one attached hydrogen (secondary N) is 1. The second-order valence-electron chi connectivity index (χ2n) is 6.41. The van der Waals surface area contributed by atoms with Gasteiger partial charge in [-0.15, -0.1) is 0 Å². The number of nitrogens with two attached hydrogens (primary N) is 1. The fraction of sp³-hybridized carbons (Fsp3) is 0.562. The molecule has 1 aromatic carbocycles. The Hall–Kier alpha value is -1.55. The summed E-state index contributed by atoms with van der Waals surface area (Å²) in [5, 5.41) is 3.19. The van der Waals surface area contributed by atoms with Crippen molar-refractivity contribution in [1.29, 1.82) is 0 Å². The normalized spacial score (nSPS) is 14.4. The maximum atomic E-state index is 5.92. The van der Waals surface area contributed by atoms with Gasteiger partial charge in [0.1, 0.15) is 0 Å². The van der Waals surface area contributed by atoms with E-state index in [-0.39, 0.29) is 5.54 Å². The van der Waals surface area contributed by atoms with Gasteiger partial charge in [0.25, 0.3) is 0 Å². The molecule has 1 unspecified atom stereocenters. The lowest BCUT2D eigenvalue weighted by molar-refractivity contribution is 0.298. The van der Waals surface area contributed by atoms with Crippen molar-refractivity contribution in [3.63, 3.8) is 0 Å². The fourth-order valence-corrected chi connectivity index (χ4v) is 1.92. The van der Waals surface area contributed by atoms with Crippen molar-refractivity contribution in [2.24, 2.45) is 10.7 Å². The highest BCUT2D eigenvalue weighted by Gasteiger charge is 2.13. The molecule has 0 aliphatic rings. The molecule has 1 aromatic rings. The third-order valence-corrected chi connectivity index (χ3v) is 3.02. The molecular weight excluding hydrogens is 248 g/mol. The number of nitrogens with zero attached hydrogens (tertiary/aromatic N) is 2. The van der Waals surface area contributed by atoms with E-state index < -0.39 is 0 Å². The van der Waals surface area contributed by atoms with Crippen LogP contribution in [0.3, 0.4) is 0 Å². The van der Waals surface area contributed by atoms with Crippen molar-refractivity contribution in [1.82, 2.24) is 10.2 Å². The Kier molecular flexibility index (Phi) is 6.02. The third-order valence-electron chi connectivity index (χ3n) is 3.02. The predicted octanol–water partition coefficient (Wildman–Crippen LogP) is 1.86. The number of hydrogen-bond donors (Lipinski definition) is 2. The maximum Gasteiger partial charge on any atom is 0.189 e. The van der Waals surface area contributed by atoms with Gasteiger partial charge < -0.3 is 16.0 Å². The minimum absolute atomic E-state index is 0.0549. The summed E-state index contributed by atoms with van der Waals surface area (Å²) >= 11 is 0. The van der Waals surface area contributed by atoms with Gasteiger partial charge in [-0.05, 0) is 46.9 Å². The highest BCUT2D eigenvalue weighted by Crippen LogP contribution is 2.07. The Morgan fingerprint density at radius 1 is 1.25 bits per heavy atom.